The van der Waals surface area contributed by atoms with E-state index in [1.165, 1.54) is 4.90 Å². The van der Waals surface area contributed by atoms with Gasteiger partial charge in [0, 0.05) is 56.3 Å². The van der Waals surface area contributed by atoms with Gasteiger partial charge in [-0.3, -0.25) is 14.2 Å². The highest BCUT2D eigenvalue weighted by molar-refractivity contribution is 5.82. The molecule has 0 fully saturated rings. The molecule has 0 radical (unpaired) electrons. The van der Waals surface area contributed by atoms with Crippen molar-refractivity contribution in [2.24, 2.45) is 0 Å². The van der Waals surface area contributed by atoms with Gasteiger partial charge in [-0.2, -0.15) is 0 Å². The van der Waals surface area contributed by atoms with Gasteiger partial charge in [-0.25, -0.2) is 15.0 Å². The summed E-state index contributed by atoms with van der Waals surface area (Å²) in [5.74, 6) is 0.259. The number of fused-ring (bicyclic) bond motifs is 1. The number of amides is 1. The number of hydrogen-bond donors (Lipinski definition) is 2. The number of anilines is 1. The first-order chi connectivity index (χ1) is 17.1. The van der Waals surface area contributed by atoms with Crippen molar-refractivity contribution in [1.29, 1.82) is 0 Å². The van der Waals surface area contributed by atoms with Crippen molar-refractivity contribution in [1.82, 2.24) is 24.8 Å². The Labute approximate surface area is 210 Å². The van der Waals surface area contributed by atoms with Crippen LogP contribution in [0.3, 0.4) is 0 Å². The molecular weight excluding hydrogens is 464 g/mol. The lowest BCUT2D eigenvalue weighted by molar-refractivity contribution is -0.120. The summed E-state index contributed by atoms with van der Waals surface area (Å²) in [6, 6.07) is 5.47. The van der Waals surface area contributed by atoms with E-state index in [-0.39, 0.29) is 30.4 Å². The van der Waals surface area contributed by atoms with Crippen molar-refractivity contribution in [3.63, 3.8) is 0 Å². The van der Waals surface area contributed by atoms with E-state index in [1.807, 2.05) is 19.1 Å². The number of ether oxygens (including phenoxy) is 2. The first-order valence-electron chi connectivity index (χ1n) is 11.8. The second-order valence-corrected chi connectivity index (χ2v) is 9.11. The smallest absolute Gasteiger partial charge is 0.294 e. The summed E-state index contributed by atoms with van der Waals surface area (Å²) in [5.41, 5.74) is 1.12. The molecule has 36 heavy (non-hydrogen) atoms. The third kappa shape index (κ3) is 6.98. The minimum atomic E-state index is -1.04. The number of aliphatic hydroxyl groups is 1. The van der Waals surface area contributed by atoms with Crippen LogP contribution in [-0.2, 0) is 16.1 Å². The highest BCUT2D eigenvalue weighted by Crippen LogP contribution is 2.23. The summed E-state index contributed by atoms with van der Waals surface area (Å²) in [7, 11) is 3.17. The Kier molecular flexibility index (Phi) is 8.94. The number of likely N-dealkylation sites (N-methyl/N-ethyl adjacent to an activating group) is 1. The number of carbonyl (C=O) groups is 1. The van der Waals surface area contributed by atoms with Crippen molar-refractivity contribution in [2.45, 2.75) is 39.3 Å². The second kappa shape index (κ2) is 11.9. The Morgan fingerprint density at radius 2 is 1.94 bits per heavy atom. The summed E-state index contributed by atoms with van der Waals surface area (Å²) < 4.78 is 12.3. The quantitative estimate of drug-likeness (QED) is 0.358. The Bertz CT molecular complexity index is 1240. The maximum atomic E-state index is 13.5. The van der Waals surface area contributed by atoms with Gasteiger partial charge in [-0.1, -0.05) is 6.92 Å². The molecule has 0 unspecified atom stereocenters. The van der Waals surface area contributed by atoms with Gasteiger partial charge in [0.25, 0.3) is 5.56 Å². The lowest BCUT2D eigenvalue weighted by Crippen LogP contribution is -2.44. The Morgan fingerprint density at radius 1 is 1.19 bits per heavy atom. The number of methoxy groups -OCH3 is 1. The summed E-state index contributed by atoms with van der Waals surface area (Å²) in [5, 5.41) is 12.5. The van der Waals surface area contributed by atoms with Crippen molar-refractivity contribution in [3.05, 3.63) is 40.9 Å². The average Bonchev–Trinajstić information content (AvgIpc) is 2.85. The minimum Gasteiger partial charge on any atom is -0.481 e. The number of nitrogens with zero attached hydrogens (tertiary/aromatic N) is 5. The zero-order valence-corrected chi connectivity index (χ0v) is 21.4. The molecule has 0 aliphatic rings. The number of rotatable bonds is 12. The fraction of sp³-hybridized carbons (Fsp3) is 0.480. The number of pyridine rings is 2. The zero-order valence-electron chi connectivity index (χ0n) is 21.4. The predicted molar refractivity (Wildman–Crippen MR) is 137 cm³/mol. The largest absolute Gasteiger partial charge is 0.481 e. The Morgan fingerprint density at radius 3 is 2.58 bits per heavy atom. The Hall–Kier alpha value is -3.57. The van der Waals surface area contributed by atoms with Gasteiger partial charge >= 0.3 is 0 Å². The molecule has 0 saturated carbocycles. The SMILES string of the molecule is CCCOCCn1c(=O)c(N(C)CC(=O)NCC(C)(C)O)nc2ncc(-c3ccc(OC)nc3)cc21. The molecule has 0 aliphatic carbocycles. The molecule has 0 saturated heterocycles. The van der Waals surface area contributed by atoms with Crippen LogP contribution in [0.5, 0.6) is 5.88 Å². The summed E-state index contributed by atoms with van der Waals surface area (Å²) >= 11 is 0. The molecule has 3 rings (SSSR count). The molecule has 0 spiro atoms. The van der Waals surface area contributed by atoms with E-state index >= 15 is 0 Å². The third-order valence-electron chi connectivity index (χ3n) is 5.33. The minimum absolute atomic E-state index is 0.0916. The molecule has 1 amide bonds. The van der Waals surface area contributed by atoms with E-state index < -0.39 is 5.60 Å². The lowest BCUT2D eigenvalue weighted by Gasteiger charge is -2.21. The van der Waals surface area contributed by atoms with Crippen molar-refractivity contribution in [3.8, 4) is 17.0 Å². The van der Waals surface area contributed by atoms with Crippen molar-refractivity contribution in [2.75, 3.05) is 45.4 Å². The van der Waals surface area contributed by atoms with Gasteiger partial charge in [0.05, 0.1) is 31.4 Å². The average molecular weight is 499 g/mol. The third-order valence-corrected chi connectivity index (χ3v) is 5.33. The summed E-state index contributed by atoms with van der Waals surface area (Å²) in [6.07, 6.45) is 4.22. The molecule has 11 heteroatoms. The molecule has 0 bridgehead atoms. The first-order valence-corrected chi connectivity index (χ1v) is 11.8. The van der Waals surface area contributed by atoms with E-state index in [2.05, 4.69) is 20.3 Å². The van der Waals surface area contributed by atoms with E-state index in [0.717, 1.165) is 17.5 Å². The fourth-order valence-electron chi connectivity index (χ4n) is 3.47. The second-order valence-electron chi connectivity index (χ2n) is 9.11. The van der Waals surface area contributed by atoms with Gasteiger partial charge < -0.3 is 24.8 Å². The van der Waals surface area contributed by atoms with Crippen LogP contribution in [0.4, 0.5) is 5.82 Å². The molecule has 0 aliphatic heterocycles. The van der Waals surface area contributed by atoms with Crippen molar-refractivity contribution >= 4 is 22.9 Å². The number of hydrogen-bond acceptors (Lipinski definition) is 9. The lowest BCUT2D eigenvalue weighted by atomic mass is 10.1. The normalized spacial score (nSPS) is 11.5. The topological polar surface area (TPSA) is 132 Å². The molecule has 194 valence electrons. The fourth-order valence-corrected chi connectivity index (χ4v) is 3.47. The molecule has 3 heterocycles. The molecular formula is C25H34N6O5. The van der Waals surface area contributed by atoms with E-state index in [1.54, 1.807) is 51.0 Å². The van der Waals surface area contributed by atoms with Gasteiger partial charge in [-0.15, -0.1) is 0 Å². The summed E-state index contributed by atoms with van der Waals surface area (Å²) in [4.78, 5) is 40.6. The highest BCUT2D eigenvalue weighted by Gasteiger charge is 2.20. The molecule has 0 atom stereocenters. The maximum absolute atomic E-state index is 13.5. The van der Waals surface area contributed by atoms with Crippen LogP contribution in [0.1, 0.15) is 27.2 Å². The van der Waals surface area contributed by atoms with Crippen molar-refractivity contribution < 1.29 is 19.4 Å². The van der Waals surface area contributed by atoms with Crippen LogP contribution in [0.25, 0.3) is 22.3 Å². The standard InChI is InChI=1S/C25H34N6O5/c1-6-10-36-11-9-31-19-12-18(17-7-8-21(35-5)26-13-17)14-27-22(19)29-23(24(31)33)30(4)15-20(32)28-16-25(2,3)34/h7-8,12-14,34H,6,9-11,15-16H2,1-5H3,(H,28,32). The van der Waals surface area contributed by atoms with Crippen LogP contribution < -0.4 is 20.5 Å². The van der Waals surface area contributed by atoms with E-state index in [0.29, 0.717) is 36.8 Å². The van der Waals surface area contributed by atoms with E-state index in [4.69, 9.17) is 9.47 Å². The van der Waals surface area contributed by atoms with E-state index in [9.17, 15) is 14.7 Å². The van der Waals surface area contributed by atoms with Crippen LogP contribution in [0, 0.1) is 0 Å². The first kappa shape index (κ1) is 27.0. The van der Waals surface area contributed by atoms with Crippen LogP contribution >= 0.6 is 0 Å². The van der Waals surface area contributed by atoms with Crippen LogP contribution in [0.2, 0.25) is 0 Å². The summed E-state index contributed by atoms with van der Waals surface area (Å²) in [6.45, 7) is 6.44. The Balaban J connectivity index is 1.97. The van der Waals surface area contributed by atoms with Gasteiger partial charge in [0.1, 0.15) is 0 Å². The van der Waals surface area contributed by atoms with Gasteiger partial charge in [0.15, 0.2) is 11.5 Å². The van der Waals surface area contributed by atoms with Gasteiger partial charge in [-0.05, 0) is 32.4 Å². The molecule has 2 N–H and O–H groups in total. The van der Waals surface area contributed by atoms with Gasteiger partial charge in [0.2, 0.25) is 11.8 Å². The molecule has 3 aromatic rings. The molecule has 0 aromatic carbocycles. The number of nitrogens with one attached hydrogen (secondary N) is 1. The molecule has 11 nitrogen and oxygen atoms in total. The monoisotopic (exact) mass is 498 g/mol. The predicted octanol–water partition coefficient (Wildman–Crippen LogP) is 1.61. The van der Waals surface area contributed by atoms with Crippen LogP contribution in [-0.4, -0.2) is 76.6 Å². The number of aromatic nitrogens is 4. The highest BCUT2D eigenvalue weighted by atomic mass is 16.5. The maximum Gasteiger partial charge on any atom is 0.294 e. The molecule has 3 aromatic heterocycles. The number of carbonyl (C=O) groups excluding carboxylic acids is 1. The zero-order chi connectivity index (χ0) is 26.3. The van der Waals surface area contributed by atoms with Crippen LogP contribution in [0.15, 0.2) is 35.4 Å².